The summed E-state index contributed by atoms with van der Waals surface area (Å²) in [6.45, 7) is 2.92. The Labute approximate surface area is 408 Å². The molecule has 0 amide bonds. The van der Waals surface area contributed by atoms with E-state index in [1.54, 1.807) is 0 Å². The Kier molecular flexibility index (Phi) is 36.5. The molecule has 1 saturated heterocycles. The van der Waals surface area contributed by atoms with Crippen LogP contribution in [0.15, 0.2) is 12.3 Å². The van der Waals surface area contributed by atoms with Crippen molar-refractivity contribution in [3.8, 4) is 6.01 Å². The van der Waals surface area contributed by atoms with Gasteiger partial charge in [-0.1, -0.05) is 149 Å². The number of unbranched alkanes of at least 4 members (excludes halogenated alkanes) is 21. The Balaban J connectivity index is 0.0000180. The van der Waals surface area contributed by atoms with Crippen LogP contribution in [-0.2, 0) is 41.5 Å². The van der Waals surface area contributed by atoms with E-state index >= 15 is 0 Å². The number of aliphatic hydroxyl groups is 2. The van der Waals surface area contributed by atoms with E-state index in [1.165, 1.54) is 89.9 Å². The number of carbonyl (C=O) groups excluding carboxylic acids is 1. The second-order valence-corrected chi connectivity index (χ2v) is 18.5. The molecule has 7 atom stereocenters. The van der Waals surface area contributed by atoms with Crippen LogP contribution >= 0.6 is 15.6 Å². The van der Waals surface area contributed by atoms with Crippen LogP contribution in [0.1, 0.15) is 174 Å². The normalized spacial score (nSPS) is 20.0. The molecule has 4 N–H and O–H groups in total. The number of phosphoric ester groups is 2. The zero-order chi connectivity index (χ0) is 43.4. The summed E-state index contributed by atoms with van der Waals surface area (Å²) in [5.41, 5.74) is -0.340. The molecule has 0 radical (unpaired) electrons. The van der Waals surface area contributed by atoms with E-state index in [4.69, 9.17) is 28.7 Å². The van der Waals surface area contributed by atoms with E-state index in [9.17, 15) is 39.0 Å². The minimum atomic E-state index is -5.55. The van der Waals surface area contributed by atoms with E-state index in [1.807, 2.05) is 0 Å². The van der Waals surface area contributed by atoms with E-state index in [-0.39, 0.29) is 77.6 Å². The summed E-state index contributed by atoms with van der Waals surface area (Å²) in [4.78, 5) is 38.9. The number of ether oxygens (including phenoxy) is 3. The standard InChI is InChI=1S/C40H75N3O14P2.2Na/c1-3-5-7-9-11-13-14-15-16-17-19-21-23-25-29-52-30-33(55-36(44)26-24-22-20-18-12-10-8-6-4-2)31-53-58(48,49)57-59(50,51)54-32-34-37(45)38(46)39(56-34)43-28-27-35(41)42-40(43)47;;/h27-28,33-34,37-39,45-46H,3-26,29-32H2,1-2H3,(H,48,49)(H,50,51)(H2,41,42,47);;/q;2*+1/p-2/t33?,34-,37-,38+,39-;;/m1../s1. The maximum atomic E-state index is 12.7. The first kappa shape index (κ1) is 61.2. The molecule has 3 unspecified atom stereocenters. The SMILES string of the molecule is CCCCCCCCCCCCCCCCOCC(COP(=O)([O-])OP(=O)(O)OC[C@H]1O[C@@H](n2ccc(=N)nc2[O-])[C@@H](O)[C@@H]1O)OC(=O)CCCCCCCCCCC.[Na+].[Na+]. The van der Waals surface area contributed by atoms with Crippen molar-refractivity contribution < 1.29 is 126 Å². The molecular weight excluding hydrogens is 854 g/mol. The number of rotatable bonds is 37. The van der Waals surface area contributed by atoms with Crippen molar-refractivity contribution in [3.05, 3.63) is 17.8 Å². The first-order valence-electron chi connectivity index (χ1n) is 22.0. The molecule has 21 heteroatoms. The number of nitrogens with zero attached hydrogens (tertiary/aromatic N) is 2. The zero-order valence-corrected chi connectivity index (χ0v) is 43.3. The molecule has 344 valence electrons. The predicted molar refractivity (Wildman–Crippen MR) is 217 cm³/mol. The Morgan fingerprint density at radius 2 is 1.30 bits per heavy atom. The molecule has 61 heavy (non-hydrogen) atoms. The number of carbonyl (C=O) groups is 1. The van der Waals surface area contributed by atoms with E-state index in [0.717, 1.165) is 68.2 Å². The quantitative estimate of drug-likeness (QED) is 0.0315. The van der Waals surface area contributed by atoms with Crippen LogP contribution in [0.25, 0.3) is 0 Å². The van der Waals surface area contributed by atoms with Gasteiger partial charge in [-0.2, -0.15) is 0 Å². The van der Waals surface area contributed by atoms with Crippen molar-refractivity contribution in [1.29, 1.82) is 5.41 Å². The van der Waals surface area contributed by atoms with Gasteiger partial charge in [0.15, 0.2) is 6.23 Å². The summed E-state index contributed by atoms with van der Waals surface area (Å²) in [6.07, 6.45) is 20.2. The number of aromatic nitrogens is 2. The van der Waals surface area contributed by atoms with Crippen LogP contribution < -0.4 is 74.6 Å². The summed E-state index contributed by atoms with van der Waals surface area (Å²) in [5, 5.41) is 40.3. The fraction of sp³-hybridized carbons (Fsp3) is 0.875. The van der Waals surface area contributed by atoms with E-state index in [0.29, 0.717) is 13.0 Å². The number of nitrogens with one attached hydrogen (secondary N) is 1. The summed E-state index contributed by atoms with van der Waals surface area (Å²) < 4.78 is 56.6. The van der Waals surface area contributed by atoms with E-state index in [2.05, 4.69) is 23.1 Å². The first-order valence-corrected chi connectivity index (χ1v) is 25.0. The molecule has 1 fully saturated rings. The minimum absolute atomic E-state index is 0. The molecule has 0 aliphatic carbocycles. The predicted octanol–water partition coefficient (Wildman–Crippen LogP) is 1.01. The first-order chi connectivity index (χ1) is 28.3. The van der Waals surface area contributed by atoms with Gasteiger partial charge in [-0.25, -0.2) is 13.9 Å². The smallest absolute Gasteiger partial charge is 0.846 e. The number of hydrogen-bond donors (Lipinski definition) is 4. The summed E-state index contributed by atoms with van der Waals surface area (Å²) in [7, 11) is -11.0. The molecule has 0 saturated carbocycles. The fourth-order valence-corrected chi connectivity index (χ4v) is 8.85. The minimum Gasteiger partial charge on any atom is -0.846 e. The average molecular weight is 928 g/mol. The second-order valence-electron chi connectivity index (χ2n) is 15.5. The van der Waals surface area contributed by atoms with Gasteiger partial charge in [0, 0.05) is 19.2 Å². The van der Waals surface area contributed by atoms with Crippen molar-refractivity contribution in [1.82, 2.24) is 9.55 Å². The van der Waals surface area contributed by atoms with Crippen LogP contribution in [-0.4, -0.2) is 81.5 Å². The van der Waals surface area contributed by atoms with Gasteiger partial charge in [0.25, 0.3) is 7.82 Å². The topological polar surface area (TPSA) is 255 Å². The molecule has 2 heterocycles. The van der Waals surface area contributed by atoms with E-state index < -0.39 is 71.5 Å². The van der Waals surface area contributed by atoms with Crippen molar-refractivity contribution >= 4 is 21.6 Å². The van der Waals surface area contributed by atoms with Crippen LogP contribution in [0.5, 0.6) is 6.01 Å². The number of esters is 1. The zero-order valence-electron chi connectivity index (χ0n) is 37.5. The van der Waals surface area contributed by atoms with Crippen molar-refractivity contribution in [2.45, 2.75) is 199 Å². The van der Waals surface area contributed by atoms with Crippen molar-refractivity contribution in [3.63, 3.8) is 0 Å². The number of phosphoric acid groups is 2. The summed E-state index contributed by atoms with van der Waals surface area (Å²) in [6, 6.07) is 0.190. The Bertz CT molecular complexity index is 1430. The molecule has 0 spiro atoms. The summed E-state index contributed by atoms with van der Waals surface area (Å²) >= 11 is 0. The molecule has 1 aliphatic heterocycles. The monoisotopic (exact) mass is 927 g/mol. The molecule has 1 aromatic rings. The third kappa shape index (κ3) is 28.8. The van der Waals surface area contributed by atoms with Crippen molar-refractivity contribution in [2.75, 3.05) is 26.4 Å². The maximum Gasteiger partial charge on any atom is 1.00 e. The average Bonchev–Trinajstić information content (AvgIpc) is 3.46. The number of aliphatic hydroxyl groups excluding tert-OH is 2. The van der Waals surface area contributed by atoms with Gasteiger partial charge in [0.05, 0.1) is 25.8 Å². The Hall–Kier alpha value is 0.250. The van der Waals surface area contributed by atoms with Gasteiger partial charge in [-0.15, -0.1) is 0 Å². The molecule has 2 rings (SSSR count). The van der Waals surface area contributed by atoms with Crippen molar-refractivity contribution in [2.24, 2.45) is 0 Å². The van der Waals surface area contributed by atoms with Gasteiger partial charge in [0.2, 0.25) is 0 Å². The largest absolute Gasteiger partial charge is 1.00 e. The fourth-order valence-electron chi connectivity index (χ4n) is 6.77. The molecule has 0 bridgehead atoms. The van der Waals surface area contributed by atoms with Gasteiger partial charge < -0.3 is 48.4 Å². The number of hydrogen-bond acceptors (Lipinski definition) is 15. The Morgan fingerprint density at radius 3 is 1.80 bits per heavy atom. The summed E-state index contributed by atoms with van der Waals surface area (Å²) in [5.74, 6) is -0.552. The van der Waals surface area contributed by atoms with Gasteiger partial charge >= 0.3 is 72.9 Å². The second kappa shape index (κ2) is 36.4. The molecule has 1 aliphatic rings. The van der Waals surface area contributed by atoms with Crippen LogP contribution in [0.3, 0.4) is 0 Å². The van der Waals surface area contributed by atoms with Gasteiger partial charge in [-0.05, 0) is 18.9 Å². The molecule has 0 aromatic carbocycles. The van der Waals surface area contributed by atoms with Crippen LogP contribution in [0.4, 0.5) is 0 Å². The van der Waals surface area contributed by atoms with Crippen LogP contribution in [0, 0.1) is 5.41 Å². The third-order valence-corrected chi connectivity index (χ3v) is 12.8. The molecule has 1 aromatic heterocycles. The third-order valence-electron chi connectivity index (χ3n) is 10.2. The van der Waals surface area contributed by atoms with Gasteiger partial charge in [0.1, 0.15) is 29.9 Å². The van der Waals surface area contributed by atoms with Crippen LogP contribution in [0.2, 0.25) is 0 Å². The maximum absolute atomic E-state index is 12.7. The van der Waals surface area contributed by atoms with Gasteiger partial charge in [-0.3, -0.25) is 19.3 Å². The molecule has 17 nitrogen and oxygen atoms in total. The molecular formula is C40H73N3Na2O14P2. The Morgan fingerprint density at radius 1 is 0.803 bits per heavy atom.